The molecular formula is C16H23ClN2O. The van der Waals surface area contributed by atoms with Gasteiger partial charge in [-0.3, -0.25) is 4.79 Å². The third-order valence-electron chi connectivity index (χ3n) is 4.47. The fourth-order valence-electron chi connectivity index (χ4n) is 2.95. The van der Waals surface area contributed by atoms with Gasteiger partial charge < -0.3 is 10.2 Å². The quantitative estimate of drug-likeness (QED) is 0.928. The van der Waals surface area contributed by atoms with Gasteiger partial charge in [-0.25, -0.2) is 0 Å². The Morgan fingerprint density at radius 2 is 1.95 bits per heavy atom. The molecule has 0 aliphatic heterocycles. The molecule has 0 heterocycles. The van der Waals surface area contributed by atoms with Crippen LogP contribution in [0.3, 0.4) is 0 Å². The van der Waals surface area contributed by atoms with Crippen LogP contribution in [0, 0.1) is 6.92 Å². The van der Waals surface area contributed by atoms with Crippen LogP contribution >= 0.6 is 11.6 Å². The van der Waals surface area contributed by atoms with Crippen molar-refractivity contribution in [3.05, 3.63) is 34.3 Å². The van der Waals surface area contributed by atoms with E-state index >= 15 is 0 Å². The van der Waals surface area contributed by atoms with Crippen molar-refractivity contribution in [1.29, 1.82) is 0 Å². The van der Waals surface area contributed by atoms with Crippen LogP contribution in [-0.4, -0.2) is 37.0 Å². The molecule has 0 spiro atoms. The van der Waals surface area contributed by atoms with E-state index < -0.39 is 0 Å². The zero-order valence-electron chi connectivity index (χ0n) is 12.4. The van der Waals surface area contributed by atoms with Crippen LogP contribution in [0.5, 0.6) is 0 Å². The molecule has 0 radical (unpaired) electrons. The van der Waals surface area contributed by atoms with Gasteiger partial charge in [0.25, 0.3) is 5.91 Å². The lowest BCUT2D eigenvalue weighted by Crippen LogP contribution is -2.42. The first-order valence-corrected chi connectivity index (χ1v) is 7.62. The number of benzene rings is 1. The summed E-state index contributed by atoms with van der Waals surface area (Å²) in [6.07, 6.45) is 4.39. The Balaban J connectivity index is 2.07. The average molecular weight is 295 g/mol. The Morgan fingerprint density at radius 3 is 2.55 bits per heavy atom. The summed E-state index contributed by atoms with van der Waals surface area (Å²) < 4.78 is 0. The Kier molecular flexibility index (Phi) is 5.06. The first-order chi connectivity index (χ1) is 9.54. The number of halogens is 1. The second kappa shape index (κ2) is 6.59. The maximum absolute atomic E-state index is 12.6. The molecule has 0 unspecified atom stereocenters. The number of rotatable bonds is 3. The van der Waals surface area contributed by atoms with Crippen LogP contribution in [0.1, 0.15) is 41.6 Å². The number of hydrogen-bond acceptors (Lipinski definition) is 2. The first kappa shape index (κ1) is 15.3. The predicted molar refractivity (Wildman–Crippen MR) is 83.4 cm³/mol. The molecule has 20 heavy (non-hydrogen) atoms. The smallest absolute Gasteiger partial charge is 0.254 e. The maximum Gasteiger partial charge on any atom is 0.254 e. The second-order valence-corrected chi connectivity index (χ2v) is 6.03. The highest BCUT2D eigenvalue weighted by Crippen LogP contribution is 2.25. The van der Waals surface area contributed by atoms with E-state index in [1.807, 2.05) is 44.1 Å². The van der Waals surface area contributed by atoms with E-state index in [4.69, 9.17) is 11.6 Å². The van der Waals surface area contributed by atoms with Gasteiger partial charge in [-0.1, -0.05) is 17.7 Å². The molecule has 1 aliphatic rings. The van der Waals surface area contributed by atoms with Gasteiger partial charge in [0.05, 0.1) is 0 Å². The average Bonchev–Trinajstić information content (AvgIpc) is 2.48. The Labute approximate surface area is 126 Å². The van der Waals surface area contributed by atoms with Crippen molar-refractivity contribution >= 4 is 17.5 Å². The monoisotopic (exact) mass is 294 g/mol. The number of nitrogens with zero attached hydrogens (tertiary/aromatic N) is 1. The van der Waals surface area contributed by atoms with Gasteiger partial charge >= 0.3 is 0 Å². The lowest BCUT2D eigenvalue weighted by atomic mass is 9.90. The summed E-state index contributed by atoms with van der Waals surface area (Å²) in [5.74, 6) is 0.0814. The van der Waals surface area contributed by atoms with Crippen LogP contribution < -0.4 is 5.32 Å². The zero-order valence-corrected chi connectivity index (χ0v) is 13.2. The number of carbonyl (C=O) groups excluding carboxylic acids is 1. The standard InChI is InChI=1S/C16H23ClN2O/c1-11-14(5-4-6-15(11)17)16(20)19(3)13-9-7-12(18-2)8-10-13/h4-6,12-13,18H,7-10H2,1-3H3. The summed E-state index contributed by atoms with van der Waals surface area (Å²) in [5.41, 5.74) is 1.59. The summed E-state index contributed by atoms with van der Waals surface area (Å²) in [4.78, 5) is 14.5. The lowest BCUT2D eigenvalue weighted by Gasteiger charge is -2.35. The lowest BCUT2D eigenvalue weighted by molar-refractivity contribution is 0.0685. The van der Waals surface area contributed by atoms with Crippen LogP contribution in [-0.2, 0) is 0 Å². The SMILES string of the molecule is CNC1CCC(N(C)C(=O)c2cccc(Cl)c2C)CC1. The van der Waals surface area contributed by atoms with Gasteiger partial charge in [-0.05, 0) is 57.4 Å². The van der Waals surface area contributed by atoms with E-state index in [-0.39, 0.29) is 5.91 Å². The molecule has 1 fully saturated rings. The van der Waals surface area contributed by atoms with Crippen molar-refractivity contribution < 1.29 is 4.79 Å². The molecule has 0 aromatic heterocycles. The molecule has 1 saturated carbocycles. The summed E-state index contributed by atoms with van der Waals surface area (Å²) in [6.45, 7) is 1.90. The maximum atomic E-state index is 12.6. The van der Waals surface area contributed by atoms with Gasteiger partial charge in [0, 0.05) is 29.7 Å². The molecule has 0 saturated heterocycles. The van der Waals surface area contributed by atoms with E-state index in [0.717, 1.165) is 36.8 Å². The van der Waals surface area contributed by atoms with E-state index in [9.17, 15) is 4.79 Å². The largest absolute Gasteiger partial charge is 0.339 e. The van der Waals surface area contributed by atoms with Crippen molar-refractivity contribution in [2.24, 2.45) is 0 Å². The van der Waals surface area contributed by atoms with Gasteiger partial charge in [-0.15, -0.1) is 0 Å². The van der Waals surface area contributed by atoms with Crippen molar-refractivity contribution in [2.75, 3.05) is 14.1 Å². The molecule has 4 heteroatoms. The van der Waals surface area contributed by atoms with Crippen molar-refractivity contribution in [1.82, 2.24) is 10.2 Å². The molecule has 1 aromatic carbocycles. The minimum atomic E-state index is 0.0814. The third kappa shape index (κ3) is 3.15. The molecule has 2 rings (SSSR count). The zero-order chi connectivity index (χ0) is 14.7. The van der Waals surface area contributed by atoms with Crippen LogP contribution in [0.4, 0.5) is 0 Å². The third-order valence-corrected chi connectivity index (χ3v) is 4.88. The minimum absolute atomic E-state index is 0.0814. The second-order valence-electron chi connectivity index (χ2n) is 5.62. The Morgan fingerprint density at radius 1 is 1.30 bits per heavy atom. The van der Waals surface area contributed by atoms with Crippen LogP contribution in [0.15, 0.2) is 18.2 Å². The van der Waals surface area contributed by atoms with Gasteiger partial charge in [-0.2, -0.15) is 0 Å². The fraction of sp³-hybridized carbons (Fsp3) is 0.562. The molecule has 1 N–H and O–H groups in total. The topological polar surface area (TPSA) is 32.3 Å². The number of carbonyl (C=O) groups is 1. The minimum Gasteiger partial charge on any atom is -0.339 e. The molecule has 1 aliphatic carbocycles. The van der Waals surface area contributed by atoms with Gasteiger partial charge in [0.2, 0.25) is 0 Å². The molecule has 0 bridgehead atoms. The summed E-state index contributed by atoms with van der Waals surface area (Å²) in [5, 5.41) is 3.98. The van der Waals surface area contributed by atoms with Crippen LogP contribution in [0.25, 0.3) is 0 Å². The molecule has 1 aromatic rings. The van der Waals surface area contributed by atoms with Crippen molar-refractivity contribution in [3.8, 4) is 0 Å². The summed E-state index contributed by atoms with van der Waals surface area (Å²) >= 11 is 6.11. The predicted octanol–water partition coefficient (Wildman–Crippen LogP) is 3.25. The number of hydrogen-bond donors (Lipinski definition) is 1. The summed E-state index contributed by atoms with van der Waals surface area (Å²) in [6, 6.07) is 6.47. The Bertz CT molecular complexity index is 481. The van der Waals surface area contributed by atoms with E-state index in [0.29, 0.717) is 17.1 Å². The highest BCUT2D eigenvalue weighted by molar-refractivity contribution is 6.31. The van der Waals surface area contributed by atoms with Crippen molar-refractivity contribution in [2.45, 2.75) is 44.7 Å². The highest BCUT2D eigenvalue weighted by Gasteiger charge is 2.27. The highest BCUT2D eigenvalue weighted by atomic mass is 35.5. The molecule has 3 nitrogen and oxygen atoms in total. The molecule has 1 amide bonds. The molecule has 110 valence electrons. The fourth-order valence-corrected chi connectivity index (χ4v) is 3.12. The molecular weight excluding hydrogens is 272 g/mol. The normalized spacial score (nSPS) is 22.6. The van der Waals surface area contributed by atoms with Crippen molar-refractivity contribution in [3.63, 3.8) is 0 Å². The first-order valence-electron chi connectivity index (χ1n) is 7.24. The van der Waals surface area contributed by atoms with E-state index in [1.54, 1.807) is 0 Å². The molecule has 0 atom stereocenters. The van der Waals surface area contributed by atoms with Crippen LogP contribution in [0.2, 0.25) is 5.02 Å². The summed E-state index contributed by atoms with van der Waals surface area (Å²) in [7, 11) is 3.92. The Hall–Kier alpha value is -1.06. The number of amides is 1. The van der Waals surface area contributed by atoms with E-state index in [2.05, 4.69) is 5.32 Å². The number of nitrogens with one attached hydrogen (secondary N) is 1. The van der Waals surface area contributed by atoms with Gasteiger partial charge in [0.15, 0.2) is 0 Å². The van der Waals surface area contributed by atoms with E-state index in [1.165, 1.54) is 0 Å². The van der Waals surface area contributed by atoms with Gasteiger partial charge in [0.1, 0.15) is 0 Å².